The van der Waals surface area contributed by atoms with Crippen molar-refractivity contribution in [3.05, 3.63) is 35.4 Å². The summed E-state index contributed by atoms with van der Waals surface area (Å²) in [5, 5.41) is 0. The van der Waals surface area contributed by atoms with Crippen LogP contribution in [0.1, 0.15) is 120 Å². The smallest absolute Gasteiger partial charge is 0.254 e. The van der Waals surface area contributed by atoms with E-state index in [-0.39, 0.29) is 5.91 Å². The molecule has 1 amide bonds. The molecule has 0 bridgehead atoms. The molecule has 0 aliphatic heterocycles. The van der Waals surface area contributed by atoms with Crippen LogP contribution < -0.4 is 0 Å². The van der Waals surface area contributed by atoms with E-state index in [4.69, 9.17) is 0 Å². The number of amides is 1. The first-order chi connectivity index (χ1) is 13.7. The van der Waals surface area contributed by atoms with Crippen molar-refractivity contribution < 1.29 is 4.79 Å². The SMILES string of the molecule is CCCCCCCCCCCCCCN(CCCC)C(=O)c1ccccc1C. The van der Waals surface area contributed by atoms with Crippen LogP contribution in [-0.2, 0) is 0 Å². The van der Waals surface area contributed by atoms with Gasteiger partial charge in [-0.1, -0.05) is 109 Å². The first kappa shape index (κ1) is 24.7. The average molecular weight is 388 g/mol. The van der Waals surface area contributed by atoms with E-state index < -0.39 is 0 Å². The summed E-state index contributed by atoms with van der Waals surface area (Å²) in [4.78, 5) is 15.0. The first-order valence-corrected chi connectivity index (χ1v) is 12.1. The van der Waals surface area contributed by atoms with Gasteiger partial charge in [-0.2, -0.15) is 0 Å². The third-order valence-electron chi connectivity index (χ3n) is 5.73. The number of benzene rings is 1. The van der Waals surface area contributed by atoms with Crippen LogP contribution in [0.15, 0.2) is 24.3 Å². The van der Waals surface area contributed by atoms with Gasteiger partial charge in [0.1, 0.15) is 0 Å². The predicted octanol–water partition coefficient (Wildman–Crippen LogP) is 7.94. The van der Waals surface area contributed by atoms with Gasteiger partial charge >= 0.3 is 0 Å². The Morgan fingerprint density at radius 2 is 1.14 bits per heavy atom. The van der Waals surface area contributed by atoms with Crippen LogP contribution in [0.2, 0.25) is 0 Å². The van der Waals surface area contributed by atoms with Gasteiger partial charge in [0.15, 0.2) is 0 Å². The van der Waals surface area contributed by atoms with Gasteiger partial charge < -0.3 is 4.90 Å². The number of carbonyl (C=O) groups is 1. The second kappa shape index (κ2) is 16.6. The molecule has 0 N–H and O–H groups in total. The van der Waals surface area contributed by atoms with Gasteiger partial charge in [-0.15, -0.1) is 0 Å². The zero-order valence-corrected chi connectivity index (χ0v) is 19.0. The number of hydrogen-bond donors (Lipinski definition) is 0. The Labute approximate surface area is 175 Å². The molecule has 0 atom stereocenters. The zero-order valence-electron chi connectivity index (χ0n) is 19.0. The number of unbranched alkanes of at least 4 members (excludes halogenated alkanes) is 12. The van der Waals surface area contributed by atoms with Gasteiger partial charge in [0.2, 0.25) is 0 Å². The maximum atomic E-state index is 12.9. The van der Waals surface area contributed by atoms with Gasteiger partial charge in [-0.3, -0.25) is 4.79 Å². The fourth-order valence-corrected chi connectivity index (χ4v) is 3.79. The van der Waals surface area contributed by atoms with E-state index in [2.05, 4.69) is 18.7 Å². The molecule has 0 saturated carbocycles. The standard InChI is InChI=1S/C26H45NO/c1-4-6-8-9-10-11-12-13-14-15-16-19-23-27(22-7-5-2)26(28)25-21-18-17-20-24(25)3/h17-18,20-21H,4-16,19,22-23H2,1-3H3. The molecule has 0 heterocycles. The molecule has 28 heavy (non-hydrogen) atoms. The maximum Gasteiger partial charge on any atom is 0.254 e. The van der Waals surface area contributed by atoms with E-state index in [0.29, 0.717) is 0 Å². The Morgan fingerprint density at radius 3 is 1.68 bits per heavy atom. The molecule has 0 fully saturated rings. The molecular weight excluding hydrogens is 342 g/mol. The van der Waals surface area contributed by atoms with Crippen LogP contribution in [0.5, 0.6) is 0 Å². The molecule has 0 unspecified atom stereocenters. The Balaban J connectivity index is 2.18. The highest BCUT2D eigenvalue weighted by atomic mass is 16.2. The normalized spacial score (nSPS) is 11.0. The Kier molecular flexibility index (Phi) is 14.7. The van der Waals surface area contributed by atoms with E-state index in [9.17, 15) is 4.79 Å². The maximum absolute atomic E-state index is 12.9. The number of rotatable bonds is 17. The topological polar surface area (TPSA) is 20.3 Å². The highest BCUT2D eigenvalue weighted by Gasteiger charge is 2.16. The van der Waals surface area contributed by atoms with E-state index in [1.165, 1.54) is 70.6 Å². The summed E-state index contributed by atoms with van der Waals surface area (Å²) < 4.78 is 0. The second-order valence-corrected chi connectivity index (χ2v) is 8.35. The lowest BCUT2D eigenvalue weighted by Crippen LogP contribution is -2.33. The Morgan fingerprint density at radius 1 is 0.679 bits per heavy atom. The van der Waals surface area contributed by atoms with Crippen LogP contribution in [0, 0.1) is 6.92 Å². The van der Waals surface area contributed by atoms with Crippen LogP contribution in [0.3, 0.4) is 0 Å². The van der Waals surface area contributed by atoms with Crippen molar-refractivity contribution in [1.82, 2.24) is 4.90 Å². The van der Waals surface area contributed by atoms with Crippen molar-refractivity contribution in [2.45, 2.75) is 111 Å². The van der Waals surface area contributed by atoms with Crippen molar-refractivity contribution >= 4 is 5.91 Å². The number of carbonyl (C=O) groups excluding carboxylic acids is 1. The molecule has 1 aromatic rings. The molecule has 0 aliphatic carbocycles. The fraction of sp³-hybridized carbons (Fsp3) is 0.731. The molecule has 0 saturated heterocycles. The fourth-order valence-electron chi connectivity index (χ4n) is 3.79. The monoisotopic (exact) mass is 387 g/mol. The summed E-state index contributed by atoms with van der Waals surface area (Å²) in [7, 11) is 0. The molecule has 2 nitrogen and oxygen atoms in total. The summed E-state index contributed by atoms with van der Waals surface area (Å²) in [5.41, 5.74) is 1.96. The third-order valence-corrected chi connectivity index (χ3v) is 5.73. The lowest BCUT2D eigenvalue weighted by atomic mass is 10.0. The van der Waals surface area contributed by atoms with Gasteiger partial charge in [-0.05, 0) is 31.4 Å². The molecule has 1 aromatic carbocycles. The highest BCUT2D eigenvalue weighted by Crippen LogP contribution is 2.14. The van der Waals surface area contributed by atoms with Gasteiger partial charge in [0.25, 0.3) is 5.91 Å². The van der Waals surface area contributed by atoms with E-state index in [0.717, 1.165) is 43.5 Å². The van der Waals surface area contributed by atoms with E-state index in [1.54, 1.807) is 0 Å². The number of hydrogen-bond acceptors (Lipinski definition) is 1. The van der Waals surface area contributed by atoms with E-state index in [1.807, 2.05) is 31.2 Å². The molecule has 2 heteroatoms. The van der Waals surface area contributed by atoms with Crippen molar-refractivity contribution in [2.75, 3.05) is 13.1 Å². The predicted molar refractivity (Wildman–Crippen MR) is 123 cm³/mol. The molecular formula is C26H45NO. The Hall–Kier alpha value is -1.31. The minimum atomic E-state index is 0.217. The van der Waals surface area contributed by atoms with Crippen LogP contribution >= 0.6 is 0 Å². The summed E-state index contributed by atoms with van der Waals surface area (Å²) in [6, 6.07) is 7.99. The quantitative estimate of drug-likeness (QED) is 0.248. The van der Waals surface area contributed by atoms with Gasteiger partial charge in [-0.25, -0.2) is 0 Å². The van der Waals surface area contributed by atoms with Crippen molar-refractivity contribution in [3.63, 3.8) is 0 Å². The highest BCUT2D eigenvalue weighted by molar-refractivity contribution is 5.95. The van der Waals surface area contributed by atoms with Crippen molar-refractivity contribution in [1.29, 1.82) is 0 Å². The van der Waals surface area contributed by atoms with Crippen LogP contribution in [-0.4, -0.2) is 23.9 Å². The van der Waals surface area contributed by atoms with Crippen LogP contribution in [0.4, 0.5) is 0 Å². The minimum Gasteiger partial charge on any atom is -0.339 e. The molecule has 0 spiro atoms. The molecule has 1 rings (SSSR count). The van der Waals surface area contributed by atoms with Gasteiger partial charge in [0.05, 0.1) is 0 Å². The molecule has 0 radical (unpaired) electrons. The summed E-state index contributed by atoms with van der Waals surface area (Å²) in [6.45, 7) is 8.31. The lowest BCUT2D eigenvalue weighted by Gasteiger charge is -2.23. The summed E-state index contributed by atoms with van der Waals surface area (Å²) >= 11 is 0. The summed E-state index contributed by atoms with van der Waals surface area (Å²) in [6.07, 6.45) is 18.5. The largest absolute Gasteiger partial charge is 0.339 e. The lowest BCUT2D eigenvalue weighted by molar-refractivity contribution is 0.0749. The molecule has 0 aliphatic rings. The second-order valence-electron chi connectivity index (χ2n) is 8.35. The van der Waals surface area contributed by atoms with Gasteiger partial charge in [0, 0.05) is 18.7 Å². The first-order valence-electron chi connectivity index (χ1n) is 12.1. The minimum absolute atomic E-state index is 0.217. The zero-order chi connectivity index (χ0) is 20.5. The summed E-state index contributed by atoms with van der Waals surface area (Å²) in [5.74, 6) is 0.217. The van der Waals surface area contributed by atoms with Crippen molar-refractivity contribution in [3.8, 4) is 0 Å². The van der Waals surface area contributed by atoms with Crippen molar-refractivity contribution in [2.24, 2.45) is 0 Å². The molecule has 160 valence electrons. The van der Waals surface area contributed by atoms with Crippen LogP contribution in [0.25, 0.3) is 0 Å². The number of nitrogens with zero attached hydrogens (tertiary/aromatic N) is 1. The molecule has 0 aromatic heterocycles. The number of aryl methyl sites for hydroxylation is 1. The third kappa shape index (κ3) is 10.9. The Bertz CT molecular complexity index is 511. The average Bonchev–Trinajstić information content (AvgIpc) is 2.71. The van der Waals surface area contributed by atoms with E-state index >= 15 is 0 Å².